The second-order valence-corrected chi connectivity index (χ2v) is 7.82. The third-order valence-electron chi connectivity index (χ3n) is 5.13. The normalized spacial score (nSPS) is 13.4. The van der Waals surface area contributed by atoms with Gasteiger partial charge in [-0.15, -0.1) is 16.4 Å². The van der Waals surface area contributed by atoms with Crippen LogP contribution >= 0.6 is 11.3 Å². The summed E-state index contributed by atoms with van der Waals surface area (Å²) in [5.41, 5.74) is 3.63. The van der Waals surface area contributed by atoms with Gasteiger partial charge in [0.05, 0.1) is 5.39 Å². The predicted octanol–water partition coefficient (Wildman–Crippen LogP) is 4.67. The maximum atomic E-state index is 5.93. The fourth-order valence-electron chi connectivity index (χ4n) is 3.74. The summed E-state index contributed by atoms with van der Waals surface area (Å²) in [7, 11) is 0. The number of benzene rings is 1. The molecule has 1 aromatic carbocycles. The molecule has 5 aromatic rings. The van der Waals surface area contributed by atoms with Crippen LogP contribution in [0.25, 0.3) is 27.4 Å². The van der Waals surface area contributed by atoms with Gasteiger partial charge >= 0.3 is 0 Å². The van der Waals surface area contributed by atoms with Gasteiger partial charge in [0.15, 0.2) is 11.4 Å². The van der Waals surface area contributed by atoms with Crippen molar-refractivity contribution in [2.24, 2.45) is 0 Å². The van der Waals surface area contributed by atoms with E-state index < -0.39 is 0 Å². The summed E-state index contributed by atoms with van der Waals surface area (Å²) in [5.74, 6) is 2.80. The number of aryl methyl sites for hydroxylation is 2. The highest BCUT2D eigenvalue weighted by atomic mass is 32.1. The van der Waals surface area contributed by atoms with E-state index in [1.54, 1.807) is 22.2 Å². The molecule has 0 amide bonds. The Kier molecular flexibility index (Phi) is 3.49. The highest BCUT2D eigenvalue weighted by Gasteiger charge is 2.15. The average Bonchev–Trinajstić information content (AvgIpc) is 3.50. The van der Waals surface area contributed by atoms with Gasteiger partial charge in [-0.25, -0.2) is 14.5 Å². The van der Waals surface area contributed by atoms with Gasteiger partial charge in [-0.2, -0.15) is 0 Å². The zero-order chi connectivity index (χ0) is 18.5. The molecule has 0 radical (unpaired) electrons. The van der Waals surface area contributed by atoms with Gasteiger partial charge in [-0.05, 0) is 66.1 Å². The minimum Gasteiger partial charge on any atom is -0.486 e. The van der Waals surface area contributed by atoms with Crippen LogP contribution < -0.4 is 4.74 Å². The lowest BCUT2D eigenvalue weighted by Crippen LogP contribution is -1.94. The van der Waals surface area contributed by atoms with Crippen LogP contribution in [-0.2, 0) is 19.4 Å². The number of ether oxygens (including phenoxy) is 1. The van der Waals surface area contributed by atoms with Gasteiger partial charge in [0.1, 0.15) is 29.3 Å². The lowest BCUT2D eigenvalue weighted by atomic mass is 10.1. The molecule has 6 nitrogen and oxygen atoms in total. The molecule has 1 aliphatic rings. The monoisotopic (exact) mass is 388 g/mol. The molecule has 1 aliphatic carbocycles. The van der Waals surface area contributed by atoms with Crippen LogP contribution in [0.3, 0.4) is 0 Å². The van der Waals surface area contributed by atoms with Crippen LogP contribution in [0.2, 0.25) is 0 Å². The Bertz CT molecular complexity index is 1320. The largest absolute Gasteiger partial charge is 0.486 e. The number of hydrogen-bond donors (Lipinski definition) is 0. The van der Waals surface area contributed by atoms with Crippen LogP contribution in [0.15, 0.2) is 52.5 Å². The Labute approximate surface area is 164 Å². The summed E-state index contributed by atoms with van der Waals surface area (Å²) >= 11 is 1.59. The molecule has 0 spiro atoms. The van der Waals surface area contributed by atoms with Gasteiger partial charge in [-0.1, -0.05) is 6.07 Å². The second-order valence-electron chi connectivity index (χ2n) is 6.93. The standard InChI is InChI=1S/C21H16N4O2S/c1-2-13-4-5-15(10-14(13)3-1)26-11-16-6-7-18(27-16)19-23-20-17-8-9-28-21(17)22-12-25(20)24-19/h4-10,12H,1-3,11H2. The van der Waals surface area contributed by atoms with E-state index in [4.69, 9.17) is 9.15 Å². The van der Waals surface area contributed by atoms with E-state index in [0.29, 0.717) is 18.2 Å². The number of rotatable bonds is 4. The summed E-state index contributed by atoms with van der Waals surface area (Å²) in [5, 5.41) is 7.50. The van der Waals surface area contributed by atoms with Crippen molar-refractivity contribution in [1.29, 1.82) is 0 Å². The molecular weight excluding hydrogens is 372 g/mol. The van der Waals surface area contributed by atoms with Crippen molar-refractivity contribution in [2.45, 2.75) is 25.9 Å². The molecule has 0 aliphatic heterocycles. The van der Waals surface area contributed by atoms with Crippen LogP contribution in [-0.4, -0.2) is 19.6 Å². The number of nitrogens with zero attached hydrogens (tertiary/aromatic N) is 4. The quantitative estimate of drug-likeness (QED) is 0.448. The highest BCUT2D eigenvalue weighted by molar-refractivity contribution is 7.16. The van der Waals surface area contributed by atoms with Gasteiger partial charge in [0.2, 0.25) is 5.82 Å². The van der Waals surface area contributed by atoms with E-state index >= 15 is 0 Å². The summed E-state index contributed by atoms with van der Waals surface area (Å²) in [6.07, 6.45) is 5.24. The van der Waals surface area contributed by atoms with E-state index in [2.05, 4.69) is 27.2 Å². The average molecular weight is 388 g/mol. The highest BCUT2D eigenvalue weighted by Crippen LogP contribution is 2.28. The van der Waals surface area contributed by atoms with Crippen molar-refractivity contribution >= 4 is 27.2 Å². The first-order valence-electron chi connectivity index (χ1n) is 9.26. The number of furan rings is 1. The third-order valence-corrected chi connectivity index (χ3v) is 5.96. The molecule has 0 saturated heterocycles. The fraction of sp³-hybridized carbons (Fsp3) is 0.190. The molecule has 0 bridgehead atoms. The van der Waals surface area contributed by atoms with Gasteiger partial charge in [0.25, 0.3) is 0 Å². The molecule has 0 N–H and O–H groups in total. The van der Waals surface area contributed by atoms with Gasteiger partial charge in [-0.3, -0.25) is 0 Å². The first kappa shape index (κ1) is 15.8. The van der Waals surface area contributed by atoms with Crippen molar-refractivity contribution in [3.05, 3.63) is 65.0 Å². The third kappa shape index (κ3) is 2.58. The number of hydrogen-bond acceptors (Lipinski definition) is 6. The molecule has 138 valence electrons. The van der Waals surface area contributed by atoms with E-state index in [1.165, 1.54) is 24.0 Å². The minimum atomic E-state index is 0.377. The van der Waals surface area contributed by atoms with Crippen LogP contribution in [0.4, 0.5) is 0 Å². The fourth-order valence-corrected chi connectivity index (χ4v) is 4.47. The van der Waals surface area contributed by atoms with Crippen LogP contribution in [0.1, 0.15) is 23.3 Å². The zero-order valence-electron chi connectivity index (χ0n) is 15.0. The van der Waals surface area contributed by atoms with Crippen molar-refractivity contribution in [2.75, 3.05) is 0 Å². The van der Waals surface area contributed by atoms with Crippen molar-refractivity contribution in [3.63, 3.8) is 0 Å². The lowest BCUT2D eigenvalue weighted by molar-refractivity contribution is 0.271. The zero-order valence-corrected chi connectivity index (χ0v) is 15.8. The molecule has 4 aromatic heterocycles. The van der Waals surface area contributed by atoms with E-state index in [9.17, 15) is 0 Å². The van der Waals surface area contributed by atoms with E-state index in [-0.39, 0.29) is 0 Å². The molecule has 0 unspecified atom stereocenters. The molecule has 6 rings (SSSR count). The first-order valence-corrected chi connectivity index (χ1v) is 10.1. The first-order chi connectivity index (χ1) is 13.8. The molecule has 4 heterocycles. The van der Waals surface area contributed by atoms with E-state index in [1.807, 2.05) is 29.6 Å². The Hall–Kier alpha value is -3.19. The SMILES string of the molecule is c1cc2c(ncn3nc(-c4ccc(COc5ccc6c(c5)CCC6)o4)nc23)s1. The molecular formula is C21H16N4O2S. The predicted molar refractivity (Wildman–Crippen MR) is 107 cm³/mol. The maximum Gasteiger partial charge on any atom is 0.217 e. The summed E-state index contributed by atoms with van der Waals surface area (Å²) in [6, 6.07) is 12.2. The number of fused-ring (bicyclic) bond motifs is 4. The summed E-state index contributed by atoms with van der Waals surface area (Å²) < 4.78 is 13.5. The maximum absolute atomic E-state index is 5.93. The van der Waals surface area contributed by atoms with Crippen molar-refractivity contribution in [3.8, 4) is 17.3 Å². The smallest absolute Gasteiger partial charge is 0.217 e. The lowest BCUT2D eigenvalue weighted by Gasteiger charge is -2.06. The molecule has 0 atom stereocenters. The van der Waals surface area contributed by atoms with Gasteiger partial charge < -0.3 is 9.15 Å². The Morgan fingerprint density at radius 2 is 2.07 bits per heavy atom. The Balaban J connectivity index is 1.24. The summed E-state index contributed by atoms with van der Waals surface area (Å²) in [6.45, 7) is 0.377. The minimum absolute atomic E-state index is 0.377. The second kappa shape index (κ2) is 6.17. The van der Waals surface area contributed by atoms with Gasteiger partial charge in [0, 0.05) is 0 Å². The van der Waals surface area contributed by atoms with Crippen LogP contribution in [0.5, 0.6) is 5.75 Å². The molecule has 0 fully saturated rings. The van der Waals surface area contributed by atoms with E-state index in [0.717, 1.165) is 33.8 Å². The topological polar surface area (TPSA) is 65.5 Å². The summed E-state index contributed by atoms with van der Waals surface area (Å²) in [4.78, 5) is 9.99. The Morgan fingerprint density at radius 1 is 1.11 bits per heavy atom. The van der Waals surface area contributed by atoms with Crippen LogP contribution in [0, 0.1) is 0 Å². The van der Waals surface area contributed by atoms with Crippen molar-refractivity contribution in [1.82, 2.24) is 19.6 Å². The Morgan fingerprint density at radius 3 is 3.07 bits per heavy atom. The van der Waals surface area contributed by atoms with Crippen molar-refractivity contribution < 1.29 is 9.15 Å². The number of aromatic nitrogens is 4. The molecule has 7 heteroatoms. The molecule has 28 heavy (non-hydrogen) atoms. The molecule has 0 saturated carbocycles. The number of thiophene rings is 1.